The van der Waals surface area contributed by atoms with Gasteiger partial charge in [-0.1, -0.05) is 35.9 Å². The van der Waals surface area contributed by atoms with Crippen molar-refractivity contribution in [3.05, 3.63) is 72.0 Å². The zero-order valence-corrected chi connectivity index (χ0v) is 10.3. The van der Waals surface area contributed by atoms with Crippen LogP contribution in [0, 0.1) is 0 Å². The van der Waals surface area contributed by atoms with Crippen LogP contribution in [0.3, 0.4) is 0 Å². The number of fused-ring (bicyclic) bond motifs is 1. The van der Waals surface area contributed by atoms with Crippen LogP contribution < -0.4 is 9.57 Å². The van der Waals surface area contributed by atoms with Crippen molar-refractivity contribution >= 4 is 22.4 Å². The summed E-state index contributed by atoms with van der Waals surface area (Å²) in [5, 5.41) is 2.97. The second-order valence-electron chi connectivity index (χ2n) is 3.98. The lowest BCUT2D eigenvalue weighted by Crippen LogP contribution is -2.38. The summed E-state index contributed by atoms with van der Waals surface area (Å²) in [7, 11) is 0. The summed E-state index contributed by atoms with van der Waals surface area (Å²) >= 11 is 5.92. The van der Waals surface area contributed by atoms with Gasteiger partial charge in [0.25, 0.3) is 0 Å². The van der Waals surface area contributed by atoms with Gasteiger partial charge in [-0.3, -0.25) is 0 Å². The Hall–Kier alpha value is -2.06. The molecule has 0 aliphatic rings. The molecule has 3 heteroatoms. The number of rotatable bonds is 2. The summed E-state index contributed by atoms with van der Waals surface area (Å²) < 4.78 is 1.67. The van der Waals surface area contributed by atoms with Gasteiger partial charge in [-0.15, -0.1) is 0 Å². The van der Waals surface area contributed by atoms with E-state index in [1.165, 1.54) is 5.39 Å². The maximum Gasteiger partial charge on any atom is 0.230 e. The van der Waals surface area contributed by atoms with E-state index in [4.69, 9.17) is 16.4 Å². The van der Waals surface area contributed by atoms with Crippen molar-refractivity contribution in [2.75, 3.05) is 0 Å². The first-order valence-electron chi connectivity index (χ1n) is 5.65. The van der Waals surface area contributed by atoms with Gasteiger partial charge < -0.3 is 0 Å². The highest BCUT2D eigenvalue weighted by Crippen LogP contribution is 2.16. The first-order valence-corrected chi connectivity index (χ1v) is 6.03. The largest absolute Gasteiger partial charge is 0.231 e. The molecule has 3 aromatic rings. The molecule has 2 nitrogen and oxygen atoms in total. The number of halogens is 1. The van der Waals surface area contributed by atoms with E-state index in [9.17, 15) is 0 Å². The lowest BCUT2D eigenvalue weighted by atomic mass is 10.2. The minimum absolute atomic E-state index is 0.661. The van der Waals surface area contributed by atoms with E-state index in [1.54, 1.807) is 10.8 Å². The van der Waals surface area contributed by atoms with Gasteiger partial charge in [0.05, 0.1) is 5.39 Å². The van der Waals surface area contributed by atoms with E-state index in [2.05, 4.69) is 6.07 Å². The molecular formula is C15H11ClNO+. The Morgan fingerprint density at radius 1 is 0.889 bits per heavy atom. The average molecular weight is 257 g/mol. The van der Waals surface area contributed by atoms with Crippen LogP contribution in [-0.2, 0) is 0 Å². The van der Waals surface area contributed by atoms with Gasteiger partial charge in [-0.05, 0) is 23.6 Å². The van der Waals surface area contributed by atoms with Crippen molar-refractivity contribution in [2.24, 2.45) is 0 Å². The number of hydrogen-bond acceptors (Lipinski definition) is 1. The van der Waals surface area contributed by atoms with Gasteiger partial charge in [0.2, 0.25) is 18.1 Å². The maximum absolute atomic E-state index is 5.92. The molecule has 0 amide bonds. The van der Waals surface area contributed by atoms with E-state index in [0.717, 1.165) is 5.39 Å². The van der Waals surface area contributed by atoms with E-state index in [-0.39, 0.29) is 0 Å². The van der Waals surface area contributed by atoms with Crippen molar-refractivity contribution in [2.45, 2.75) is 0 Å². The molecular weight excluding hydrogens is 246 g/mol. The molecule has 1 heterocycles. The van der Waals surface area contributed by atoms with Crippen molar-refractivity contribution in [1.82, 2.24) is 0 Å². The van der Waals surface area contributed by atoms with Gasteiger partial charge in [-0.2, -0.15) is 0 Å². The third-order valence-corrected chi connectivity index (χ3v) is 2.91. The zero-order chi connectivity index (χ0) is 12.4. The Bertz CT molecular complexity index is 697. The molecule has 0 saturated heterocycles. The van der Waals surface area contributed by atoms with Crippen LogP contribution in [0.2, 0.25) is 5.02 Å². The fraction of sp³-hybridized carbons (Fsp3) is 0. The molecule has 2 aromatic carbocycles. The standard InChI is InChI=1S/C15H11ClNO/c16-14-6-3-7-15(10-14)18-17-9-8-12-4-1-2-5-13(12)11-17/h1-11H/q+1. The normalized spacial score (nSPS) is 10.5. The number of nitrogens with zero attached hydrogens (tertiary/aromatic N) is 1. The summed E-state index contributed by atoms with van der Waals surface area (Å²) in [6.07, 6.45) is 3.82. The van der Waals surface area contributed by atoms with Gasteiger partial charge in [0, 0.05) is 21.9 Å². The quantitative estimate of drug-likeness (QED) is 0.638. The van der Waals surface area contributed by atoms with Gasteiger partial charge in [0.15, 0.2) is 0 Å². The van der Waals surface area contributed by atoms with E-state index >= 15 is 0 Å². The number of pyridine rings is 1. The monoisotopic (exact) mass is 256 g/mol. The van der Waals surface area contributed by atoms with Crippen molar-refractivity contribution in [3.8, 4) is 5.75 Å². The number of benzene rings is 2. The molecule has 0 bridgehead atoms. The van der Waals surface area contributed by atoms with Crippen molar-refractivity contribution < 1.29 is 9.57 Å². The van der Waals surface area contributed by atoms with Crippen LogP contribution in [0.4, 0.5) is 0 Å². The maximum atomic E-state index is 5.92. The molecule has 0 aliphatic carbocycles. The van der Waals surface area contributed by atoms with Crippen LogP contribution >= 0.6 is 11.6 Å². The number of hydrogen-bond donors (Lipinski definition) is 0. The predicted octanol–water partition coefficient (Wildman–Crippen LogP) is 3.62. The Balaban J connectivity index is 1.95. The fourth-order valence-electron chi connectivity index (χ4n) is 1.82. The Labute approximate surface area is 110 Å². The summed E-state index contributed by atoms with van der Waals surface area (Å²) in [5.41, 5.74) is 0. The van der Waals surface area contributed by atoms with Crippen molar-refractivity contribution in [3.63, 3.8) is 0 Å². The van der Waals surface area contributed by atoms with Crippen molar-refractivity contribution in [1.29, 1.82) is 0 Å². The molecule has 3 rings (SSSR count). The molecule has 88 valence electrons. The minimum Gasteiger partial charge on any atom is -0.231 e. The minimum atomic E-state index is 0.661. The highest BCUT2D eigenvalue weighted by Gasteiger charge is 2.06. The van der Waals surface area contributed by atoms with Crippen LogP contribution in [0.25, 0.3) is 10.8 Å². The molecule has 0 saturated carbocycles. The first kappa shape index (κ1) is 11.1. The topological polar surface area (TPSA) is 13.1 Å². The Kier molecular flexibility index (Phi) is 2.87. The fourth-order valence-corrected chi connectivity index (χ4v) is 2.00. The lowest BCUT2D eigenvalue weighted by molar-refractivity contribution is -0.874. The predicted molar refractivity (Wildman–Crippen MR) is 71.6 cm³/mol. The van der Waals surface area contributed by atoms with Gasteiger partial charge >= 0.3 is 0 Å². The summed E-state index contributed by atoms with van der Waals surface area (Å²) in [5.74, 6) is 0.711. The highest BCUT2D eigenvalue weighted by atomic mass is 35.5. The van der Waals surface area contributed by atoms with E-state index < -0.39 is 0 Å². The van der Waals surface area contributed by atoms with Crippen LogP contribution in [-0.4, -0.2) is 0 Å². The second kappa shape index (κ2) is 4.67. The van der Waals surface area contributed by atoms with Crippen LogP contribution in [0.1, 0.15) is 0 Å². The average Bonchev–Trinajstić information content (AvgIpc) is 2.39. The Morgan fingerprint density at radius 3 is 2.56 bits per heavy atom. The van der Waals surface area contributed by atoms with Crippen LogP contribution in [0.5, 0.6) is 5.75 Å². The molecule has 0 unspecified atom stereocenters. The van der Waals surface area contributed by atoms with Crippen LogP contribution in [0.15, 0.2) is 67.0 Å². The molecule has 0 fully saturated rings. The summed E-state index contributed by atoms with van der Waals surface area (Å²) in [6, 6.07) is 17.5. The molecule has 18 heavy (non-hydrogen) atoms. The summed E-state index contributed by atoms with van der Waals surface area (Å²) in [4.78, 5) is 5.70. The Morgan fingerprint density at radius 2 is 1.72 bits per heavy atom. The molecule has 0 aliphatic heterocycles. The highest BCUT2D eigenvalue weighted by molar-refractivity contribution is 6.30. The lowest BCUT2D eigenvalue weighted by Gasteiger charge is -1.99. The third-order valence-electron chi connectivity index (χ3n) is 2.67. The second-order valence-corrected chi connectivity index (χ2v) is 4.42. The third kappa shape index (κ3) is 2.29. The van der Waals surface area contributed by atoms with Gasteiger partial charge in [0.1, 0.15) is 0 Å². The molecule has 0 atom stereocenters. The van der Waals surface area contributed by atoms with E-state index in [0.29, 0.717) is 10.8 Å². The molecule has 1 aromatic heterocycles. The first-order chi connectivity index (χ1) is 8.81. The summed E-state index contributed by atoms with van der Waals surface area (Å²) in [6.45, 7) is 0. The smallest absolute Gasteiger partial charge is 0.230 e. The number of aromatic nitrogens is 1. The SMILES string of the molecule is Clc1cccc(O[n+]2ccc3ccccc3c2)c1. The van der Waals surface area contributed by atoms with E-state index in [1.807, 2.05) is 54.9 Å². The van der Waals surface area contributed by atoms with Gasteiger partial charge in [-0.25, -0.2) is 4.84 Å². The molecule has 0 spiro atoms. The molecule has 0 radical (unpaired) electrons. The molecule has 0 N–H and O–H groups in total. The zero-order valence-electron chi connectivity index (χ0n) is 9.58.